The molecule has 8 nitrogen and oxygen atoms in total. The molecule has 1 aliphatic rings. The first kappa shape index (κ1) is 18.9. The molecule has 1 N–H and O–H groups in total. The maximum Gasteiger partial charge on any atom is 0.289 e. The Morgan fingerprint density at radius 3 is 2.66 bits per heavy atom. The third-order valence-corrected chi connectivity index (χ3v) is 4.91. The van der Waals surface area contributed by atoms with Crippen LogP contribution in [-0.2, 0) is 0 Å². The molecule has 1 saturated heterocycles. The van der Waals surface area contributed by atoms with Crippen LogP contribution < -0.4 is 15.6 Å². The van der Waals surface area contributed by atoms with Gasteiger partial charge in [-0.25, -0.2) is 4.98 Å². The van der Waals surface area contributed by atoms with Gasteiger partial charge in [0.2, 0.25) is 5.95 Å². The SMILES string of the molecule is CCNc1nc(C)cc(N2CCN(C(=O)c3cc(=O)c4ccccc4o3)CC2)n1. The average Bonchev–Trinajstić information content (AvgIpc) is 2.73. The molecule has 1 fully saturated rings. The van der Waals surface area contributed by atoms with E-state index in [1.165, 1.54) is 6.07 Å². The Labute approximate surface area is 168 Å². The van der Waals surface area contributed by atoms with Crippen molar-refractivity contribution in [3.8, 4) is 0 Å². The van der Waals surface area contributed by atoms with Gasteiger partial charge >= 0.3 is 0 Å². The number of hydrogen-bond donors (Lipinski definition) is 1. The molecule has 150 valence electrons. The number of carbonyl (C=O) groups is 1. The molecule has 3 heterocycles. The third-order valence-electron chi connectivity index (χ3n) is 4.91. The lowest BCUT2D eigenvalue weighted by molar-refractivity contribution is 0.0715. The summed E-state index contributed by atoms with van der Waals surface area (Å²) in [6, 6.07) is 10.2. The summed E-state index contributed by atoms with van der Waals surface area (Å²) in [5.41, 5.74) is 1.11. The molecule has 0 atom stereocenters. The van der Waals surface area contributed by atoms with Crippen LogP contribution >= 0.6 is 0 Å². The Hall–Kier alpha value is -3.42. The first-order valence-corrected chi connectivity index (χ1v) is 9.72. The Morgan fingerprint density at radius 1 is 1.14 bits per heavy atom. The fourth-order valence-corrected chi connectivity index (χ4v) is 3.45. The second kappa shape index (κ2) is 7.90. The van der Waals surface area contributed by atoms with Crippen LogP contribution in [0.4, 0.5) is 11.8 Å². The first-order chi connectivity index (χ1) is 14.0. The summed E-state index contributed by atoms with van der Waals surface area (Å²) >= 11 is 0. The second-order valence-corrected chi connectivity index (χ2v) is 6.97. The number of piperazine rings is 1. The average molecular weight is 393 g/mol. The third kappa shape index (κ3) is 3.91. The van der Waals surface area contributed by atoms with Crippen molar-refractivity contribution in [2.45, 2.75) is 13.8 Å². The van der Waals surface area contributed by atoms with E-state index in [2.05, 4.69) is 20.2 Å². The standard InChI is InChI=1S/C21H23N5O3/c1-3-22-21-23-14(2)12-19(24-21)25-8-10-26(11-9-25)20(28)18-13-16(27)15-6-4-5-7-17(15)29-18/h4-7,12-13H,3,8-11H2,1-2H3,(H,22,23,24). The maximum absolute atomic E-state index is 12.9. The minimum absolute atomic E-state index is 0.0782. The smallest absolute Gasteiger partial charge is 0.289 e. The van der Waals surface area contributed by atoms with Gasteiger partial charge in [0.25, 0.3) is 5.91 Å². The normalized spacial score (nSPS) is 14.3. The van der Waals surface area contributed by atoms with Gasteiger partial charge in [0, 0.05) is 50.6 Å². The van der Waals surface area contributed by atoms with Crippen molar-refractivity contribution in [1.82, 2.24) is 14.9 Å². The molecule has 0 bridgehead atoms. The number of benzene rings is 1. The molecule has 0 unspecified atom stereocenters. The molecule has 1 amide bonds. The molecule has 1 aliphatic heterocycles. The summed E-state index contributed by atoms with van der Waals surface area (Å²) in [5, 5.41) is 3.62. The topological polar surface area (TPSA) is 91.6 Å². The zero-order chi connectivity index (χ0) is 20.4. The molecule has 1 aromatic carbocycles. The van der Waals surface area contributed by atoms with Crippen LogP contribution in [0.3, 0.4) is 0 Å². The summed E-state index contributed by atoms with van der Waals surface area (Å²) in [5.74, 6) is 1.27. The van der Waals surface area contributed by atoms with Crippen molar-refractivity contribution in [2.24, 2.45) is 0 Å². The zero-order valence-electron chi connectivity index (χ0n) is 16.5. The Bertz CT molecular complexity index is 1100. The van der Waals surface area contributed by atoms with Crippen molar-refractivity contribution in [3.05, 3.63) is 58.1 Å². The molecular weight excluding hydrogens is 370 g/mol. The van der Waals surface area contributed by atoms with E-state index >= 15 is 0 Å². The molecule has 8 heteroatoms. The van der Waals surface area contributed by atoms with Gasteiger partial charge in [0.15, 0.2) is 11.2 Å². The Kier molecular flexibility index (Phi) is 5.16. The van der Waals surface area contributed by atoms with E-state index in [0.29, 0.717) is 43.1 Å². The van der Waals surface area contributed by atoms with Gasteiger partial charge in [-0.3, -0.25) is 9.59 Å². The van der Waals surface area contributed by atoms with Crippen LogP contribution in [0.2, 0.25) is 0 Å². The molecule has 4 rings (SSSR count). The number of amides is 1. The van der Waals surface area contributed by atoms with Gasteiger partial charge < -0.3 is 19.5 Å². The number of aromatic nitrogens is 2. The van der Waals surface area contributed by atoms with Crippen LogP contribution in [0.5, 0.6) is 0 Å². The number of rotatable bonds is 4. The number of carbonyl (C=O) groups excluding carboxylic acids is 1. The molecule has 0 saturated carbocycles. The Balaban J connectivity index is 1.49. The number of anilines is 2. The summed E-state index contributed by atoms with van der Waals surface area (Å²) in [7, 11) is 0. The lowest BCUT2D eigenvalue weighted by Crippen LogP contribution is -2.49. The number of para-hydroxylation sites is 1. The molecular formula is C21H23N5O3. The van der Waals surface area contributed by atoms with E-state index < -0.39 is 0 Å². The number of aryl methyl sites for hydroxylation is 1. The second-order valence-electron chi connectivity index (χ2n) is 6.97. The maximum atomic E-state index is 12.9. The predicted molar refractivity (Wildman–Crippen MR) is 112 cm³/mol. The number of fused-ring (bicyclic) bond motifs is 1. The highest BCUT2D eigenvalue weighted by molar-refractivity contribution is 5.93. The minimum atomic E-state index is -0.264. The fraction of sp³-hybridized carbons (Fsp3) is 0.333. The van der Waals surface area contributed by atoms with E-state index in [1.807, 2.05) is 19.9 Å². The van der Waals surface area contributed by atoms with Crippen molar-refractivity contribution in [1.29, 1.82) is 0 Å². The van der Waals surface area contributed by atoms with Gasteiger partial charge in [0.1, 0.15) is 11.4 Å². The summed E-state index contributed by atoms with van der Waals surface area (Å²) < 4.78 is 5.69. The molecule has 3 aromatic rings. The molecule has 2 aromatic heterocycles. The van der Waals surface area contributed by atoms with E-state index in [-0.39, 0.29) is 17.1 Å². The van der Waals surface area contributed by atoms with E-state index in [9.17, 15) is 9.59 Å². The van der Waals surface area contributed by atoms with Gasteiger partial charge in [-0.1, -0.05) is 12.1 Å². The number of nitrogens with zero attached hydrogens (tertiary/aromatic N) is 4. The van der Waals surface area contributed by atoms with Crippen LogP contribution in [0, 0.1) is 6.92 Å². The lowest BCUT2D eigenvalue weighted by atomic mass is 10.2. The number of nitrogens with one attached hydrogen (secondary N) is 1. The fourth-order valence-electron chi connectivity index (χ4n) is 3.45. The lowest BCUT2D eigenvalue weighted by Gasteiger charge is -2.35. The molecule has 29 heavy (non-hydrogen) atoms. The van der Waals surface area contributed by atoms with Crippen molar-refractivity contribution >= 4 is 28.6 Å². The van der Waals surface area contributed by atoms with E-state index in [1.54, 1.807) is 29.2 Å². The predicted octanol–water partition coefficient (Wildman–Crippen LogP) is 2.29. The van der Waals surface area contributed by atoms with Gasteiger partial charge in [-0.2, -0.15) is 4.98 Å². The van der Waals surface area contributed by atoms with Crippen molar-refractivity contribution < 1.29 is 9.21 Å². The van der Waals surface area contributed by atoms with Crippen molar-refractivity contribution in [3.63, 3.8) is 0 Å². The largest absolute Gasteiger partial charge is 0.451 e. The minimum Gasteiger partial charge on any atom is -0.451 e. The number of hydrogen-bond acceptors (Lipinski definition) is 7. The summed E-state index contributed by atoms with van der Waals surface area (Å²) in [4.78, 5) is 37.9. The van der Waals surface area contributed by atoms with Crippen molar-refractivity contribution in [2.75, 3.05) is 42.9 Å². The van der Waals surface area contributed by atoms with Crippen LogP contribution in [0.25, 0.3) is 11.0 Å². The highest BCUT2D eigenvalue weighted by atomic mass is 16.3. The van der Waals surface area contributed by atoms with Crippen LogP contribution in [-0.4, -0.2) is 53.5 Å². The molecule has 0 spiro atoms. The first-order valence-electron chi connectivity index (χ1n) is 9.72. The quantitative estimate of drug-likeness (QED) is 0.727. The Morgan fingerprint density at radius 2 is 1.90 bits per heavy atom. The van der Waals surface area contributed by atoms with Gasteiger partial charge in [-0.15, -0.1) is 0 Å². The van der Waals surface area contributed by atoms with Crippen LogP contribution in [0.1, 0.15) is 23.2 Å². The van der Waals surface area contributed by atoms with Gasteiger partial charge in [0.05, 0.1) is 5.39 Å². The highest BCUT2D eigenvalue weighted by Crippen LogP contribution is 2.19. The molecule has 0 radical (unpaired) electrons. The van der Waals surface area contributed by atoms with E-state index in [4.69, 9.17) is 4.42 Å². The summed E-state index contributed by atoms with van der Waals surface area (Å²) in [6.45, 7) is 7.03. The summed E-state index contributed by atoms with van der Waals surface area (Å²) in [6.07, 6.45) is 0. The zero-order valence-corrected chi connectivity index (χ0v) is 16.5. The van der Waals surface area contributed by atoms with Gasteiger partial charge in [-0.05, 0) is 26.0 Å². The van der Waals surface area contributed by atoms with E-state index in [0.717, 1.165) is 18.1 Å². The van der Waals surface area contributed by atoms with Crippen LogP contribution in [0.15, 0.2) is 45.6 Å². The molecule has 0 aliphatic carbocycles. The monoisotopic (exact) mass is 393 g/mol. The highest BCUT2D eigenvalue weighted by Gasteiger charge is 2.25.